The van der Waals surface area contributed by atoms with Gasteiger partial charge in [0.1, 0.15) is 6.33 Å². The molecule has 0 atom stereocenters. The van der Waals surface area contributed by atoms with Crippen LogP contribution in [0.3, 0.4) is 0 Å². The number of fused-ring (bicyclic) bond motifs is 6. The highest BCUT2D eigenvalue weighted by Crippen LogP contribution is 2.57. The quantitative estimate of drug-likeness (QED) is 0.172. The van der Waals surface area contributed by atoms with Crippen LogP contribution in [0.5, 0.6) is 0 Å². The minimum atomic E-state index is -0.428. The van der Waals surface area contributed by atoms with Crippen molar-refractivity contribution in [1.29, 1.82) is 0 Å². The van der Waals surface area contributed by atoms with E-state index in [9.17, 15) is 0 Å². The molecule has 56 heavy (non-hydrogen) atoms. The first kappa shape index (κ1) is 32.3. The van der Waals surface area contributed by atoms with Crippen LogP contribution in [-0.2, 0) is 10.8 Å². The molecule has 0 aliphatic heterocycles. The predicted octanol–water partition coefficient (Wildman–Crippen LogP) is 12.5. The summed E-state index contributed by atoms with van der Waals surface area (Å²) in [7, 11) is 0. The van der Waals surface area contributed by atoms with E-state index in [0.29, 0.717) is 0 Å². The van der Waals surface area contributed by atoms with Crippen molar-refractivity contribution >= 4 is 0 Å². The second-order valence-corrected chi connectivity index (χ2v) is 14.9. The van der Waals surface area contributed by atoms with Gasteiger partial charge in [0.2, 0.25) is 0 Å². The van der Waals surface area contributed by atoms with Crippen LogP contribution in [0.15, 0.2) is 219 Å². The van der Waals surface area contributed by atoms with E-state index in [-0.39, 0.29) is 0 Å². The SMILES string of the molecule is c1ccc(C2(c3ccc(-c4cc(-c5ccc(C6(c7ccccc7)c7ccccc7-c7ccccc76)cc5)ncn4)cc3)c3ccccc3-c3ccccc32)cc1. The van der Waals surface area contributed by atoms with E-state index in [0.717, 1.165) is 22.5 Å². The van der Waals surface area contributed by atoms with Gasteiger partial charge in [0.15, 0.2) is 0 Å². The van der Waals surface area contributed by atoms with Crippen molar-refractivity contribution in [2.45, 2.75) is 10.8 Å². The van der Waals surface area contributed by atoms with Crippen LogP contribution in [0.4, 0.5) is 0 Å². The van der Waals surface area contributed by atoms with E-state index in [4.69, 9.17) is 9.97 Å². The molecule has 0 N–H and O–H groups in total. The van der Waals surface area contributed by atoms with Gasteiger partial charge in [0.25, 0.3) is 0 Å². The first-order valence-corrected chi connectivity index (χ1v) is 19.3. The number of hydrogen-bond acceptors (Lipinski definition) is 2. The molecule has 9 aromatic rings. The third-order valence-corrected chi connectivity index (χ3v) is 12.2. The maximum atomic E-state index is 4.78. The Labute approximate surface area is 327 Å². The van der Waals surface area contributed by atoms with Gasteiger partial charge >= 0.3 is 0 Å². The van der Waals surface area contributed by atoms with Gasteiger partial charge in [0, 0.05) is 11.1 Å². The van der Waals surface area contributed by atoms with Crippen LogP contribution in [-0.4, -0.2) is 9.97 Å². The van der Waals surface area contributed by atoms with Crippen molar-refractivity contribution in [2.24, 2.45) is 0 Å². The molecule has 0 spiro atoms. The minimum Gasteiger partial charge on any atom is -0.236 e. The van der Waals surface area contributed by atoms with Gasteiger partial charge in [0.05, 0.1) is 22.2 Å². The van der Waals surface area contributed by atoms with E-state index < -0.39 is 10.8 Å². The monoisotopic (exact) mass is 712 g/mol. The Morgan fingerprint density at radius 2 is 0.554 bits per heavy atom. The number of hydrogen-bond donors (Lipinski definition) is 0. The molecule has 262 valence electrons. The van der Waals surface area contributed by atoms with Crippen molar-refractivity contribution in [1.82, 2.24) is 9.97 Å². The molecule has 0 saturated carbocycles. The van der Waals surface area contributed by atoms with E-state index in [2.05, 4.69) is 212 Å². The van der Waals surface area contributed by atoms with Gasteiger partial charge in [-0.05, 0) is 72.8 Å². The summed E-state index contributed by atoms with van der Waals surface area (Å²) in [5.41, 5.74) is 18.4. The summed E-state index contributed by atoms with van der Waals surface area (Å²) >= 11 is 0. The molecule has 2 aliphatic carbocycles. The molecular weight excluding hydrogens is 677 g/mol. The molecule has 0 bridgehead atoms. The molecule has 0 amide bonds. The molecule has 2 nitrogen and oxygen atoms in total. The fourth-order valence-corrected chi connectivity index (χ4v) is 9.88. The van der Waals surface area contributed by atoms with Crippen LogP contribution in [0.25, 0.3) is 44.8 Å². The second-order valence-electron chi connectivity index (χ2n) is 14.9. The third-order valence-electron chi connectivity index (χ3n) is 12.2. The zero-order chi connectivity index (χ0) is 37.1. The van der Waals surface area contributed by atoms with Gasteiger partial charge in [-0.25, -0.2) is 9.97 Å². The van der Waals surface area contributed by atoms with Crippen LogP contribution in [0.2, 0.25) is 0 Å². The third kappa shape index (κ3) is 4.56. The average Bonchev–Trinajstić information content (AvgIpc) is 3.76. The van der Waals surface area contributed by atoms with Crippen molar-refractivity contribution < 1.29 is 0 Å². The molecule has 11 rings (SSSR count). The lowest BCUT2D eigenvalue weighted by Crippen LogP contribution is -2.28. The van der Waals surface area contributed by atoms with E-state index >= 15 is 0 Å². The van der Waals surface area contributed by atoms with E-state index in [1.54, 1.807) is 6.33 Å². The maximum Gasteiger partial charge on any atom is 0.116 e. The summed E-state index contributed by atoms with van der Waals surface area (Å²) in [5, 5.41) is 0. The van der Waals surface area contributed by atoms with Gasteiger partial charge in [-0.1, -0.05) is 206 Å². The van der Waals surface area contributed by atoms with Crippen molar-refractivity contribution in [3.8, 4) is 44.8 Å². The molecule has 0 radical (unpaired) electrons. The maximum absolute atomic E-state index is 4.78. The summed E-state index contributed by atoms with van der Waals surface area (Å²) in [4.78, 5) is 9.56. The fourth-order valence-electron chi connectivity index (χ4n) is 9.88. The zero-order valence-electron chi connectivity index (χ0n) is 30.7. The van der Waals surface area contributed by atoms with Crippen LogP contribution < -0.4 is 0 Å². The summed E-state index contributed by atoms with van der Waals surface area (Å²) in [6.07, 6.45) is 1.69. The molecule has 1 heterocycles. The van der Waals surface area contributed by atoms with Gasteiger partial charge in [-0.3, -0.25) is 0 Å². The highest BCUT2D eigenvalue weighted by molar-refractivity contribution is 5.88. The zero-order valence-corrected chi connectivity index (χ0v) is 30.7. The number of rotatable bonds is 6. The molecule has 0 unspecified atom stereocenters. The number of aromatic nitrogens is 2. The lowest BCUT2D eigenvalue weighted by Gasteiger charge is -2.34. The lowest BCUT2D eigenvalue weighted by molar-refractivity contribution is 0.768. The largest absolute Gasteiger partial charge is 0.236 e. The predicted molar refractivity (Wildman–Crippen MR) is 228 cm³/mol. The van der Waals surface area contributed by atoms with Crippen LogP contribution in [0.1, 0.15) is 44.5 Å². The van der Waals surface area contributed by atoms with Crippen LogP contribution >= 0.6 is 0 Å². The normalized spacial score (nSPS) is 14.0. The molecule has 8 aromatic carbocycles. The molecule has 1 aromatic heterocycles. The molecule has 2 aliphatic rings. The Morgan fingerprint density at radius 1 is 0.268 bits per heavy atom. The molecule has 2 heteroatoms. The smallest absolute Gasteiger partial charge is 0.116 e. The average molecular weight is 713 g/mol. The summed E-state index contributed by atoms with van der Waals surface area (Å²) in [6, 6.07) is 77.5. The van der Waals surface area contributed by atoms with Gasteiger partial charge in [-0.2, -0.15) is 0 Å². The van der Waals surface area contributed by atoms with Crippen molar-refractivity contribution in [3.05, 3.63) is 263 Å². The molecule has 0 fully saturated rings. The Morgan fingerprint density at radius 3 is 0.893 bits per heavy atom. The van der Waals surface area contributed by atoms with Gasteiger partial charge in [-0.15, -0.1) is 0 Å². The highest BCUT2D eigenvalue weighted by Gasteiger charge is 2.47. The fraction of sp³-hybridized carbons (Fsp3) is 0.0370. The minimum absolute atomic E-state index is 0.428. The molecule has 0 saturated heterocycles. The summed E-state index contributed by atoms with van der Waals surface area (Å²) < 4.78 is 0. The lowest BCUT2D eigenvalue weighted by atomic mass is 9.67. The molecular formula is C54H36N2. The van der Waals surface area contributed by atoms with Crippen molar-refractivity contribution in [3.63, 3.8) is 0 Å². The number of nitrogens with zero attached hydrogens (tertiary/aromatic N) is 2. The first-order valence-electron chi connectivity index (χ1n) is 19.3. The highest BCUT2D eigenvalue weighted by atomic mass is 14.8. The Kier molecular flexibility index (Phi) is 7.33. The first-order chi connectivity index (χ1) is 27.8. The Balaban J connectivity index is 0.985. The Bertz CT molecular complexity index is 2600. The second kappa shape index (κ2) is 12.7. The van der Waals surface area contributed by atoms with E-state index in [1.165, 1.54) is 66.8 Å². The standard InChI is InChI=1S/C54H36N2/c1-3-15-39(16-4-1)53(47-23-11-7-19-43(47)44-20-8-12-24-48(44)53)41-31-27-37(28-32-41)51-35-52(56-36-55-51)38-29-33-42(34-30-38)54(40-17-5-2-6-18-40)49-25-13-9-21-45(49)46-22-10-14-26-50(46)54/h1-36H. The number of benzene rings is 8. The van der Waals surface area contributed by atoms with Crippen molar-refractivity contribution in [2.75, 3.05) is 0 Å². The topological polar surface area (TPSA) is 25.8 Å². The summed E-state index contributed by atoms with van der Waals surface area (Å²) in [6.45, 7) is 0. The Hall–Kier alpha value is -7.16. The summed E-state index contributed by atoms with van der Waals surface area (Å²) in [5.74, 6) is 0. The van der Waals surface area contributed by atoms with Gasteiger partial charge < -0.3 is 0 Å². The van der Waals surface area contributed by atoms with E-state index in [1.807, 2.05) is 0 Å². The van der Waals surface area contributed by atoms with Crippen LogP contribution in [0, 0.1) is 0 Å².